The highest BCUT2D eigenvalue weighted by molar-refractivity contribution is 5.62. The number of phenolic OH excluding ortho intramolecular Hbond substituents is 2. The van der Waals surface area contributed by atoms with Gasteiger partial charge in [0.2, 0.25) is 0 Å². The van der Waals surface area contributed by atoms with Gasteiger partial charge in [-0.05, 0) is 34.1 Å². The summed E-state index contributed by atoms with van der Waals surface area (Å²) in [5.41, 5.74) is 2.95. The number of ether oxygens (including phenoxy) is 1. The third-order valence-corrected chi connectivity index (χ3v) is 4.67. The first-order valence-corrected chi connectivity index (χ1v) is 8.38. The molecule has 1 heterocycles. The quantitative estimate of drug-likeness (QED) is 0.582. The van der Waals surface area contributed by atoms with Crippen molar-refractivity contribution in [2.45, 2.75) is 58.8 Å². The highest BCUT2D eigenvalue weighted by atomic mass is 16.5. The van der Waals surface area contributed by atoms with E-state index in [0.29, 0.717) is 17.9 Å². The maximum atomic E-state index is 10.8. The van der Waals surface area contributed by atoms with Gasteiger partial charge < -0.3 is 14.9 Å². The lowest BCUT2D eigenvalue weighted by molar-refractivity contribution is 0.401. The fourth-order valence-electron chi connectivity index (χ4n) is 3.27. The van der Waals surface area contributed by atoms with Crippen molar-refractivity contribution in [3.05, 3.63) is 46.5 Å². The number of rotatable bonds is 0. The van der Waals surface area contributed by atoms with E-state index in [0.717, 1.165) is 22.3 Å². The molecule has 128 valence electrons. The molecule has 24 heavy (non-hydrogen) atoms. The van der Waals surface area contributed by atoms with Gasteiger partial charge in [0.25, 0.3) is 0 Å². The Morgan fingerprint density at radius 2 is 1.08 bits per heavy atom. The highest BCUT2D eigenvalue weighted by Crippen LogP contribution is 2.48. The standard InChI is InChI=1S/C21H26O3/c1-20(2,3)14-7-9-16-12(18(14)22)11-13-17(24-16)10-8-15(19(13)23)21(4,5)6/h7-10,22-23H,11H2,1-6H3. The van der Waals surface area contributed by atoms with Gasteiger partial charge in [0.05, 0.1) is 0 Å². The molecule has 1 aliphatic rings. The minimum atomic E-state index is -0.158. The molecule has 0 aliphatic carbocycles. The van der Waals surface area contributed by atoms with E-state index in [1.807, 2.05) is 24.3 Å². The number of benzene rings is 2. The predicted octanol–water partition coefficient (Wildman–Crippen LogP) is 5.39. The van der Waals surface area contributed by atoms with Crippen molar-refractivity contribution in [2.24, 2.45) is 0 Å². The Morgan fingerprint density at radius 3 is 1.42 bits per heavy atom. The number of phenols is 2. The van der Waals surface area contributed by atoms with Gasteiger partial charge in [-0.1, -0.05) is 53.7 Å². The van der Waals surface area contributed by atoms with Gasteiger partial charge >= 0.3 is 0 Å². The van der Waals surface area contributed by atoms with Crippen LogP contribution < -0.4 is 4.74 Å². The molecule has 2 N–H and O–H groups in total. The van der Waals surface area contributed by atoms with Crippen LogP contribution in [0.2, 0.25) is 0 Å². The fraction of sp³-hybridized carbons (Fsp3) is 0.429. The monoisotopic (exact) mass is 326 g/mol. The molecule has 1 aliphatic heterocycles. The van der Waals surface area contributed by atoms with Crippen LogP contribution in [0.4, 0.5) is 0 Å². The molecule has 3 nitrogen and oxygen atoms in total. The van der Waals surface area contributed by atoms with Crippen molar-refractivity contribution in [1.29, 1.82) is 0 Å². The second kappa shape index (κ2) is 5.17. The smallest absolute Gasteiger partial charge is 0.134 e. The number of aromatic hydroxyl groups is 2. The largest absolute Gasteiger partial charge is 0.507 e. The van der Waals surface area contributed by atoms with Gasteiger partial charge in [-0.3, -0.25) is 0 Å². The lowest BCUT2D eigenvalue weighted by atomic mass is 9.82. The number of fused-ring (bicyclic) bond motifs is 2. The lowest BCUT2D eigenvalue weighted by Crippen LogP contribution is -2.15. The summed E-state index contributed by atoms with van der Waals surface area (Å²) in [5.74, 6) is 1.87. The van der Waals surface area contributed by atoms with Crippen LogP contribution in [0.3, 0.4) is 0 Å². The van der Waals surface area contributed by atoms with Gasteiger partial charge in [-0.2, -0.15) is 0 Å². The van der Waals surface area contributed by atoms with Gasteiger partial charge in [0.15, 0.2) is 0 Å². The third-order valence-electron chi connectivity index (χ3n) is 4.67. The minimum absolute atomic E-state index is 0.158. The molecule has 0 radical (unpaired) electrons. The molecule has 0 fully saturated rings. The summed E-state index contributed by atoms with van der Waals surface area (Å²) in [6, 6.07) is 7.66. The summed E-state index contributed by atoms with van der Waals surface area (Å²) < 4.78 is 5.95. The maximum absolute atomic E-state index is 10.8. The van der Waals surface area contributed by atoms with Crippen molar-refractivity contribution in [1.82, 2.24) is 0 Å². The molecule has 0 spiro atoms. The van der Waals surface area contributed by atoms with E-state index in [4.69, 9.17) is 4.74 Å². The van der Waals surface area contributed by atoms with Crippen molar-refractivity contribution in [3.63, 3.8) is 0 Å². The van der Waals surface area contributed by atoms with Crippen molar-refractivity contribution in [3.8, 4) is 23.0 Å². The first-order valence-electron chi connectivity index (χ1n) is 8.38. The molecule has 3 rings (SSSR count). The normalized spacial score (nSPS) is 13.9. The van der Waals surface area contributed by atoms with Crippen LogP contribution in [0, 0.1) is 0 Å². The molecular weight excluding hydrogens is 300 g/mol. The third kappa shape index (κ3) is 2.62. The van der Waals surface area contributed by atoms with Crippen molar-refractivity contribution < 1.29 is 14.9 Å². The second-order valence-electron chi connectivity index (χ2n) is 8.66. The maximum Gasteiger partial charge on any atom is 0.134 e. The Labute approximate surface area is 143 Å². The van der Waals surface area contributed by atoms with Gasteiger partial charge in [-0.25, -0.2) is 0 Å². The molecule has 0 bridgehead atoms. The minimum Gasteiger partial charge on any atom is -0.507 e. The molecule has 0 saturated carbocycles. The zero-order valence-corrected chi connectivity index (χ0v) is 15.3. The molecule has 3 heteroatoms. The summed E-state index contributed by atoms with van der Waals surface area (Å²) in [6.45, 7) is 12.4. The predicted molar refractivity (Wildman–Crippen MR) is 96.5 cm³/mol. The second-order valence-corrected chi connectivity index (χ2v) is 8.66. The van der Waals surface area contributed by atoms with Crippen LogP contribution in [0.1, 0.15) is 63.8 Å². The summed E-state index contributed by atoms with van der Waals surface area (Å²) in [6.07, 6.45) is 0.468. The Morgan fingerprint density at radius 1 is 0.708 bits per heavy atom. The summed E-state index contributed by atoms with van der Waals surface area (Å²) in [5, 5.41) is 21.5. The lowest BCUT2D eigenvalue weighted by Gasteiger charge is -2.29. The van der Waals surface area contributed by atoms with Crippen molar-refractivity contribution >= 4 is 0 Å². The zero-order chi connectivity index (χ0) is 17.9. The van der Waals surface area contributed by atoms with Crippen molar-refractivity contribution in [2.75, 3.05) is 0 Å². The highest BCUT2D eigenvalue weighted by Gasteiger charge is 2.30. The Balaban J connectivity index is 2.14. The number of hydrogen-bond donors (Lipinski definition) is 2. The van der Waals surface area contributed by atoms with Crippen LogP contribution in [0.5, 0.6) is 23.0 Å². The van der Waals surface area contributed by atoms with E-state index in [-0.39, 0.29) is 22.3 Å². The topological polar surface area (TPSA) is 49.7 Å². The summed E-state index contributed by atoms with van der Waals surface area (Å²) in [7, 11) is 0. The van der Waals surface area contributed by atoms with E-state index in [2.05, 4.69) is 41.5 Å². The molecule has 0 unspecified atom stereocenters. The van der Waals surface area contributed by atoms with Gasteiger partial charge in [0.1, 0.15) is 23.0 Å². The zero-order valence-electron chi connectivity index (χ0n) is 15.3. The van der Waals surface area contributed by atoms with Crippen LogP contribution in [-0.2, 0) is 17.3 Å². The SMILES string of the molecule is CC(C)(C)c1ccc2c(c1O)Cc1c(ccc(C(C)(C)C)c1O)O2. The molecule has 0 aromatic heterocycles. The van der Waals surface area contributed by atoms with Crippen LogP contribution in [-0.4, -0.2) is 10.2 Å². The average molecular weight is 326 g/mol. The Hall–Kier alpha value is -2.16. The first-order chi connectivity index (χ1) is 11.0. The average Bonchev–Trinajstić information content (AvgIpc) is 2.44. The van der Waals surface area contributed by atoms with E-state index >= 15 is 0 Å². The fourth-order valence-corrected chi connectivity index (χ4v) is 3.27. The van der Waals surface area contributed by atoms with E-state index in [1.165, 1.54) is 0 Å². The summed E-state index contributed by atoms with van der Waals surface area (Å²) in [4.78, 5) is 0. The van der Waals surface area contributed by atoms with Gasteiger partial charge in [0, 0.05) is 17.5 Å². The molecule has 2 aromatic carbocycles. The van der Waals surface area contributed by atoms with Crippen LogP contribution in [0.15, 0.2) is 24.3 Å². The molecule has 0 atom stereocenters. The molecule has 0 amide bonds. The number of hydrogen-bond acceptors (Lipinski definition) is 3. The summed E-state index contributed by atoms with van der Waals surface area (Å²) >= 11 is 0. The van der Waals surface area contributed by atoms with Gasteiger partial charge in [-0.15, -0.1) is 0 Å². The van der Waals surface area contributed by atoms with Crippen LogP contribution >= 0.6 is 0 Å². The molecular formula is C21H26O3. The van der Waals surface area contributed by atoms with E-state index in [1.54, 1.807) is 0 Å². The van der Waals surface area contributed by atoms with E-state index < -0.39 is 0 Å². The van der Waals surface area contributed by atoms with Crippen LogP contribution in [0.25, 0.3) is 0 Å². The first kappa shape index (κ1) is 16.7. The van der Waals surface area contributed by atoms with E-state index in [9.17, 15) is 10.2 Å². The Bertz CT molecular complexity index is 738. The Kier molecular flexibility index (Phi) is 3.59. The molecule has 2 aromatic rings. The molecule has 0 saturated heterocycles.